The Bertz CT molecular complexity index is 1400. The fraction of sp³-hybridized carbons (Fsp3) is 0.185. The van der Waals surface area contributed by atoms with Crippen LogP contribution in [0.25, 0.3) is 5.76 Å². The molecule has 2 heterocycles. The molecule has 0 aliphatic carbocycles. The number of Topliss-reactive ketones (excluding diaryl/α,β-unsaturated/α-hetero) is 1. The molecule has 1 saturated heterocycles. The van der Waals surface area contributed by atoms with Crippen LogP contribution in [-0.4, -0.2) is 42.4 Å². The second-order valence-electron chi connectivity index (χ2n) is 8.07. The molecule has 1 fully saturated rings. The summed E-state index contributed by atoms with van der Waals surface area (Å²) >= 11 is 0. The molecule has 0 saturated carbocycles. The fourth-order valence-corrected chi connectivity index (χ4v) is 4.41. The first-order valence-corrected chi connectivity index (χ1v) is 11.2. The molecule has 9 heteroatoms. The number of rotatable bonds is 6. The molecule has 9 nitrogen and oxygen atoms in total. The van der Waals surface area contributed by atoms with Gasteiger partial charge in [-0.15, -0.1) is 0 Å². The summed E-state index contributed by atoms with van der Waals surface area (Å²) in [4.78, 5) is 28.1. The van der Waals surface area contributed by atoms with Crippen LogP contribution in [0.4, 0.5) is 5.69 Å². The Morgan fingerprint density at radius 1 is 1.03 bits per heavy atom. The SMILES string of the molecule is CCOc1cc(C2/C(=C(\O)c3ccccc3OC)C(=O)C(=O)N2c2ccc3c(c2)OCO3)ccc1O. The average Bonchev–Trinajstić information content (AvgIpc) is 3.47. The number of aromatic hydroxyl groups is 1. The standard InChI is InChI=1S/C27H23NO8/c1-3-34-21-12-15(8-10-18(21)29)24-23(25(30)17-6-4-5-7-19(17)33-2)26(31)27(32)28(24)16-9-11-20-22(13-16)36-14-35-20/h4-13,24,29-30H,3,14H2,1-2H3/b25-23+. The Morgan fingerprint density at radius 2 is 1.81 bits per heavy atom. The summed E-state index contributed by atoms with van der Waals surface area (Å²) in [5.74, 6) is -0.709. The van der Waals surface area contributed by atoms with Crippen molar-refractivity contribution < 1.29 is 38.7 Å². The molecule has 0 aromatic heterocycles. The van der Waals surface area contributed by atoms with Gasteiger partial charge in [0.2, 0.25) is 6.79 Å². The minimum Gasteiger partial charge on any atom is -0.507 e. The van der Waals surface area contributed by atoms with E-state index in [1.807, 2.05) is 0 Å². The highest BCUT2D eigenvalue weighted by molar-refractivity contribution is 6.51. The van der Waals surface area contributed by atoms with E-state index in [4.69, 9.17) is 18.9 Å². The highest BCUT2D eigenvalue weighted by Gasteiger charge is 2.47. The van der Waals surface area contributed by atoms with E-state index in [2.05, 4.69) is 0 Å². The van der Waals surface area contributed by atoms with Crippen LogP contribution in [0.1, 0.15) is 24.1 Å². The Morgan fingerprint density at radius 3 is 2.58 bits per heavy atom. The maximum absolute atomic E-state index is 13.4. The third kappa shape index (κ3) is 3.74. The number of para-hydroxylation sites is 1. The summed E-state index contributed by atoms with van der Waals surface area (Å²) in [6.45, 7) is 2.11. The molecular weight excluding hydrogens is 466 g/mol. The molecule has 5 rings (SSSR count). The summed E-state index contributed by atoms with van der Waals surface area (Å²) in [7, 11) is 1.45. The van der Waals surface area contributed by atoms with Crippen LogP contribution in [0.2, 0.25) is 0 Å². The van der Waals surface area contributed by atoms with Crippen molar-refractivity contribution in [3.8, 4) is 28.7 Å². The number of amides is 1. The number of methoxy groups -OCH3 is 1. The van der Waals surface area contributed by atoms with Crippen molar-refractivity contribution in [2.75, 3.05) is 25.4 Å². The van der Waals surface area contributed by atoms with E-state index >= 15 is 0 Å². The summed E-state index contributed by atoms with van der Waals surface area (Å²) in [5, 5.41) is 21.6. The summed E-state index contributed by atoms with van der Waals surface area (Å²) < 4.78 is 21.7. The zero-order valence-corrected chi connectivity index (χ0v) is 19.6. The van der Waals surface area contributed by atoms with Crippen molar-refractivity contribution in [1.82, 2.24) is 0 Å². The highest BCUT2D eigenvalue weighted by atomic mass is 16.7. The number of hydrogen-bond donors (Lipinski definition) is 2. The topological polar surface area (TPSA) is 115 Å². The van der Waals surface area contributed by atoms with Crippen LogP contribution >= 0.6 is 0 Å². The second-order valence-corrected chi connectivity index (χ2v) is 8.07. The molecule has 1 amide bonds. The molecule has 0 spiro atoms. The van der Waals surface area contributed by atoms with Gasteiger partial charge in [-0.3, -0.25) is 14.5 Å². The van der Waals surface area contributed by atoms with Gasteiger partial charge in [-0.05, 0) is 48.9 Å². The van der Waals surface area contributed by atoms with Crippen LogP contribution in [0.15, 0.2) is 66.2 Å². The number of phenolic OH excluding ortho intramolecular Hbond substituents is 1. The molecule has 0 radical (unpaired) electrons. The van der Waals surface area contributed by atoms with Gasteiger partial charge < -0.3 is 29.2 Å². The van der Waals surface area contributed by atoms with E-state index < -0.39 is 17.7 Å². The number of hydrogen-bond acceptors (Lipinski definition) is 8. The number of aliphatic hydroxyl groups is 1. The fourth-order valence-electron chi connectivity index (χ4n) is 4.41. The van der Waals surface area contributed by atoms with Crippen molar-refractivity contribution in [3.63, 3.8) is 0 Å². The highest BCUT2D eigenvalue weighted by Crippen LogP contribution is 2.46. The molecule has 1 atom stereocenters. The van der Waals surface area contributed by atoms with E-state index in [1.54, 1.807) is 61.5 Å². The number of ether oxygens (including phenoxy) is 4. The van der Waals surface area contributed by atoms with Crippen molar-refractivity contribution in [2.45, 2.75) is 13.0 Å². The molecule has 36 heavy (non-hydrogen) atoms. The van der Waals surface area contributed by atoms with Crippen molar-refractivity contribution in [3.05, 3.63) is 77.4 Å². The predicted octanol–water partition coefficient (Wildman–Crippen LogP) is 4.15. The first-order valence-electron chi connectivity index (χ1n) is 11.2. The van der Waals surface area contributed by atoms with E-state index in [1.165, 1.54) is 18.1 Å². The van der Waals surface area contributed by atoms with Crippen LogP contribution in [0, 0.1) is 0 Å². The Balaban J connectivity index is 1.74. The van der Waals surface area contributed by atoms with Gasteiger partial charge in [-0.2, -0.15) is 0 Å². The lowest BCUT2D eigenvalue weighted by Gasteiger charge is -2.26. The molecule has 3 aromatic carbocycles. The third-order valence-electron chi connectivity index (χ3n) is 6.04. The first kappa shape index (κ1) is 23.1. The lowest BCUT2D eigenvalue weighted by Crippen LogP contribution is -2.29. The lowest BCUT2D eigenvalue weighted by molar-refractivity contribution is -0.132. The number of benzene rings is 3. The number of carbonyl (C=O) groups is 2. The van der Waals surface area contributed by atoms with Gasteiger partial charge in [0, 0.05) is 11.8 Å². The second kappa shape index (κ2) is 9.18. The summed E-state index contributed by atoms with van der Waals surface area (Å²) in [5.41, 5.74) is 0.953. The van der Waals surface area contributed by atoms with Crippen molar-refractivity contribution in [1.29, 1.82) is 0 Å². The number of carbonyl (C=O) groups excluding carboxylic acids is 2. The maximum Gasteiger partial charge on any atom is 0.300 e. The van der Waals surface area contributed by atoms with Crippen LogP contribution in [-0.2, 0) is 9.59 Å². The average molecular weight is 489 g/mol. The largest absolute Gasteiger partial charge is 0.507 e. The van der Waals surface area contributed by atoms with Crippen molar-refractivity contribution >= 4 is 23.1 Å². The summed E-state index contributed by atoms with van der Waals surface area (Å²) in [6.07, 6.45) is 0. The van der Waals surface area contributed by atoms with E-state index in [0.29, 0.717) is 35.1 Å². The minimum atomic E-state index is -1.03. The van der Waals surface area contributed by atoms with E-state index in [9.17, 15) is 19.8 Å². The zero-order chi connectivity index (χ0) is 25.4. The number of anilines is 1. The van der Waals surface area contributed by atoms with E-state index in [0.717, 1.165) is 0 Å². The molecule has 2 aliphatic heterocycles. The monoisotopic (exact) mass is 489 g/mol. The predicted molar refractivity (Wildman–Crippen MR) is 130 cm³/mol. The Kier molecular flexibility index (Phi) is 5.89. The van der Waals surface area contributed by atoms with Gasteiger partial charge in [-0.1, -0.05) is 18.2 Å². The Hall–Kier alpha value is -4.66. The van der Waals surface area contributed by atoms with Gasteiger partial charge in [-0.25, -0.2) is 0 Å². The summed E-state index contributed by atoms with van der Waals surface area (Å²) in [6, 6.07) is 15.1. The molecule has 2 aliphatic rings. The number of ketones is 1. The van der Waals surface area contributed by atoms with Gasteiger partial charge >= 0.3 is 0 Å². The zero-order valence-electron chi connectivity index (χ0n) is 19.6. The number of nitrogens with zero attached hydrogens (tertiary/aromatic N) is 1. The van der Waals surface area contributed by atoms with Crippen LogP contribution in [0.5, 0.6) is 28.7 Å². The van der Waals surface area contributed by atoms with Gasteiger partial charge in [0.15, 0.2) is 23.0 Å². The van der Waals surface area contributed by atoms with Gasteiger partial charge in [0.1, 0.15) is 11.5 Å². The molecular formula is C27H23NO8. The van der Waals surface area contributed by atoms with Crippen LogP contribution in [0.3, 0.4) is 0 Å². The number of aliphatic hydroxyl groups excluding tert-OH is 1. The number of fused-ring (bicyclic) bond motifs is 1. The molecule has 184 valence electrons. The smallest absolute Gasteiger partial charge is 0.300 e. The molecule has 2 N–H and O–H groups in total. The van der Waals surface area contributed by atoms with Crippen LogP contribution < -0.4 is 23.8 Å². The molecule has 0 bridgehead atoms. The quantitative estimate of drug-likeness (QED) is 0.301. The van der Waals surface area contributed by atoms with Gasteiger partial charge in [0.25, 0.3) is 11.7 Å². The normalized spacial score (nSPS) is 17.9. The first-order chi connectivity index (χ1) is 17.4. The third-order valence-corrected chi connectivity index (χ3v) is 6.04. The Labute approximate surface area is 206 Å². The minimum absolute atomic E-state index is 0.0461. The van der Waals surface area contributed by atoms with Crippen molar-refractivity contribution in [2.24, 2.45) is 0 Å². The molecule has 3 aromatic rings. The van der Waals surface area contributed by atoms with Gasteiger partial charge in [0.05, 0.1) is 30.9 Å². The lowest BCUT2D eigenvalue weighted by atomic mass is 9.94. The molecule has 1 unspecified atom stereocenters. The van der Waals surface area contributed by atoms with E-state index in [-0.39, 0.29) is 35.2 Å². The number of phenols is 1. The maximum atomic E-state index is 13.4.